The Kier molecular flexibility index (Phi) is 6.06. The van der Waals surface area contributed by atoms with E-state index in [9.17, 15) is 8.42 Å². The highest BCUT2D eigenvalue weighted by Gasteiger charge is 2.30. The molecule has 0 aromatic rings. The van der Waals surface area contributed by atoms with Gasteiger partial charge in [-0.25, -0.2) is 8.42 Å². The summed E-state index contributed by atoms with van der Waals surface area (Å²) < 4.78 is 22.7. The van der Waals surface area contributed by atoms with Crippen molar-refractivity contribution in [1.29, 1.82) is 0 Å². The molecule has 0 spiro atoms. The molecule has 0 aromatic heterocycles. The van der Waals surface area contributed by atoms with Crippen LogP contribution in [0.2, 0.25) is 0 Å². The summed E-state index contributed by atoms with van der Waals surface area (Å²) in [6.07, 6.45) is 13.5. The maximum Gasteiger partial charge on any atom is 0.148 e. The first-order valence-corrected chi connectivity index (χ1v) is 12.2. The number of rotatable bonds is 5. The van der Waals surface area contributed by atoms with Crippen molar-refractivity contribution in [3.05, 3.63) is 35.2 Å². The normalized spacial score (nSPS) is 27.4. The standard InChI is InChI=1S/C21H35N3O2S/c1-21(2)10-6-17(7-11-21)20-18(22)4-5-19(23-20)16-8-12-24(13-9-16)14-15-27(3,25)26/h4-6,16,19,23H,7-15,22H2,1-3H3. The van der Waals surface area contributed by atoms with E-state index in [-0.39, 0.29) is 5.75 Å². The first kappa shape index (κ1) is 20.5. The minimum atomic E-state index is -2.88. The third kappa shape index (κ3) is 5.61. The van der Waals surface area contributed by atoms with Crippen LogP contribution >= 0.6 is 0 Å². The summed E-state index contributed by atoms with van der Waals surface area (Å²) in [5.41, 5.74) is 10.0. The van der Waals surface area contributed by atoms with Crippen LogP contribution in [-0.2, 0) is 9.84 Å². The lowest BCUT2D eigenvalue weighted by Gasteiger charge is -2.38. The lowest BCUT2D eigenvalue weighted by molar-refractivity contribution is 0.178. The molecule has 2 aliphatic heterocycles. The molecule has 152 valence electrons. The van der Waals surface area contributed by atoms with Crippen molar-refractivity contribution in [3.63, 3.8) is 0 Å². The van der Waals surface area contributed by atoms with Crippen LogP contribution in [0.25, 0.3) is 0 Å². The molecular formula is C21H35N3O2S. The molecule has 5 nitrogen and oxygen atoms in total. The highest BCUT2D eigenvalue weighted by molar-refractivity contribution is 7.90. The molecule has 2 heterocycles. The number of allylic oxidation sites excluding steroid dienone is 3. The van der Waals surface area contributed by atoms with Gasteiger partial charge in [-0.2, -0.15) is 0 Å². The number of nitrogens with zero attached hydrogens (tertiary/aromatic N) is 1. The molecule has 1 aliphatic carbocycles. The number of hydrogen-bond donors (Lipinski definition) is 2. The Morgan fingerprint density at radius 2 is 2.00 bits per heavy atom. The quantitative estimate of drug-likeness (QED) is 0.751. The van der Waals surface area contributed by atoms with Gasteiger partial charge in [-0.15, -0.1) is 0 Å². The minimum Gasteiger partial charge on any atom is -0.397 e. The van der Waals surface area contributed by atoms with Crippen LogP contribution in [0.15, 0.2) is 35.2 Å². The summed E-state index contributed by atoms with van der Waals surface area (Å²) in [5, 5.41) is 3.73. The van der Waals surface area contributed by atoms with Gasteiger partial charge in [-0.3, -0.25) is 0 Å². The zero-order chi connectivity index (χ0) is 19.7. The third-order valence-electron chi connectivity index (χ3n) is 6.29. The van der Waals surface area contributed by atoms with E-state index in [0.29, 0.717) is 23.9 Å². The predicted molar refractivity (Wildman–Crippen MR) is 112 cm³/mol. The van der Waals surface area contributed by atoms with E-state index in [1.165, 1.54) is 18.2 Å². The van der Waals surface area contributed by atoms with Crippen molar-refractivity contribution in [1.82, 2.24) is 10.2 Å². The first-order valence-electron chi connectivity index (χ1n) is 10.2. The van der Waals surface area contributed by atoms with Crippen molar-refractivity contribution in [2.24, 2.45) is 17.1 Å². The summed E-state index contributed by atoms with van der Waals surface area (Å²) in [7, 11) is -2.88. The maximum absolute atomic E-state index is 11.4. The van der Waals surface area contributed by atoms with Crippen molar-refractivity contribution < 1.29 is 8.42 Å². The Morgan fingerprint density at radius 1 is 1.30 bits per heavy atom. The maximum atomic E-state index is 11.4. The number of dihydropyridines is 1. The first-order chi connectivity index (χ1) is 12.6. The van der Waals surface area contributed by atoms with Crippen molar-refractivity contribution in [2.75, 3.05) is 31.6 Å². The highest BCUT2D eigenvalue weighted by atomic mass is 32.2. The molecule has 0 amide bonds. The second-order valence-electron chi connectivity index (χ2n) is 9.27. The van der Waals surface area contributed by atoms with Crippen LogP contribution in [0, 0.1) is 11.3 Å². The average molecular weight is 394 g/mol. The fourth-order valence-electron chi connectivity index (χ4n) is 4.28. The molecule has 0 saturated carbocycles. The monoisotopic (exact) mass is 393 g/mol. The molecule has 3 rings (SSSR count). The fourth-order valence-corrected chi connectivity index (χ4v) is 4.87. The molecule has 1 fully saturated rings. The molecule has 0 bridgehead atoms. The van der Waals surface area contributed by atoms with Crippen molar-refractivity contribution >= 4 is 9.84 Å². The van der Waals surface area contributed by atoms with Crippen LogP contribution in [0.5, 0.6) is 0 Å². The Balaban J connectivity index is 1.56. The van der Waals surface area contributed by atoms with Gasteiger partial charge >= 0.3 is 0 Å². The summed E-state index contributed by atoms with van der Waals surface area (Å²) >= 11 is 0. The zero-order valence-electron chi connectivity index (χ0n) is 17.0. The van der Waals surface area contributed by atoms with Crippen molar-refractivity contribution in [3.8, 4) is 0 Å². The molecule has 1 saturated heterocycles. The van der Waals surface area contributed by atoms with Gasteiger partial charge in [0.1, 0.15) is 9.84 Å². The summed E-state index contributed by atoms with van der Waals surface area (Å²) in [4.78, 5) is 2.28. The Morgan fingerprint density at radius 3 is 2.59 bits per heavy atom. The van der Waals surface area contributed by atoms with Gasteiger partial charge in [-0.1, -0.05) is 26.0 Å². The molecule has 0 radical (unpaired) electrons. The molecule has 1 atom stereocenters. The summed E-state index contributed by atoms with van der Waals surface area (Å²) in [5.74, 6) is 0.826. The predicted octanol–water partition coefficient (Wildman–Crippen LogP) is 2.58. The summed E-state index contributed by atoms with van der Waals surface area (Å²) in [6, 6.07) is 0.320. The molecule has 6 heteroatoms. The van der Waals surface area contributed by atoms with E-state index >= 15 is 0 Å². The van der Waals surface area contributed by atoms with Gasteiger partial charge in [0.05, 0.1) is 17.1 Å². The Labute approximate surface area is 164 Å². The highest BCUT2D eigenvalue weighted by Crippen LogP contribution is 2.37. The van der Waals surface area contributed by atoms with Crippen LogP contribution in [0.4, 0.5) is 0 Å². The van der Waals surface area contributed by atoms with Gasteiger partial charge in [0.15, 0.2) is 0 Å². The van der Waals surface area contributed by atoms with Gasteiger partial charge in [-0.05, 0) is 68.2 Å². The van der Waals surface area contributed by atoms with Crippen LogP contribution in [0.1, 0.15) is 46.0 Å². The van der Waals surface area contributed by atoms with E-state index in [0.717, 1.165) is 50.2 Å². The topological polar surface area (TPSA) is 75.4 Å². The Hall–Kier alpha value is -1.27. The van der Waals surface area contributed by atoms with E-state index in [1.54, 1.807) is 0 Å². The molecule has 1 unspecified atom stereocenters. The van der Waals surface area contributed by atoms with Crippen LogP contribution in [-0.4, -0.2) is 51.0 Å². The number of piperidine rings is 1. The molecule has 3 aliphatic rings. The number of likely N-dealkylation sites (tertiary alicyclic amines) is 1. The molecule has 0 aromatic carbocycles. The van der Waals surface area contributed by atoms with Crippen LogP contribution in [0.3, 0.4) is 0 Å². The largest absolute Gasteiger partial charge is 0.397 e. The van der Waals surface area contributed by atoms with Crippen LogP contribution < -0.4 is 11.1 Å². The molecule has 3 N–H and O–H groups in total. The number of nitrogens with two attached hydrogens (primary N) is 1. The van der Waals surface area contributed by atoms with E-state index in [1.807, 2.05) is 0 Å². The van der Waals surface area contributed by atoms with Gasteiger partial charge in [0.25, 0.3) is 0 Å². The second kappa shape index (κ2) is 8.00. The SMILES string of the molecule is CC1(C)CC=C(C2=C(N)C=CC(C3CCN(CCS(C)(=O)=O)CC3)N2)CC1. The molecular weight excluding hydrogens is 358 g/mol. The minimum absolute atomic E-state index is 0.257. The van der Waals surface area contributed by atoms with E-state index in [4.69, 9.17) is 5.73 Å². The second-order valence-corrected chi connectivity index (χ2v) is 11.5. The molecule has 27 heavy (non-hydrogen) atoms. The zero-order valence-corrected chi connectivity index (χ0v) is 17.8. The van der Waals surface area contributed by atoms with Crippen molar-refractivity contribution in [2.45, 2.75) is 52.0 Å². The van der Waals surface area contributed by atoms with E-state index in [2.05, 4.69) is 42.3 Å². The third-order valence-corrected chi connectivity index (χ3v) is 7.22. The average Bonchev–Trinajstić information content (AvgIpc) is 2.61. The van der Waals surface area contributed by atoms with Gasteiger partial charge in [0, 0.05) is 18.8 Å². The van der Waals surface area contributed by atoms with Gasteiger partial charge in [0.2, 0.25) is 0 Å². The number of sulfone groups is 1. The lowest BCUT2D eigenvalue weighted by Crippen LogP contribution is -2.45. The van der Waals surface area contributed by atoms with Gasteiger partial charge < -0.3 is 16.0 Å². The number of hydrogen-bond acceptors (Lipinski definition) is 5. The fraction of sp³-hybridized carbons (Fsp3) is 0.714. The van der Waals surface area contributed by atoms with E-state index < -0.39 is 9.84 Å². The Bertz CT molecular complexity index is 741. The lowest BCUT2D eigenvalue weighted by atomic mass is 9.77. The number of nitrogens with one attached hydrogen (secondary N) is 1. The summed E-state index contributed by atoms with van der Waals surface area (Å²) in [6.45, 7) is 7.24. The smallest absolute Gasteiger partial charge is 0.148 e.